The maximum Gasteiger partial charge on any atom is 0.404 e. The molecular weight excluding hydrogens is 529 g/mol. The number of carbonyl (C=O) groups is 2. The molecule has 0 radical (unpaired) electrons. The second kappa shape index (κ2) is 11.1. The first-order chi connectivity index (χ1) is 19.1. The second-order valence-electron chi connectivity index (χ2n) is 9.99. The fraction of sp³-hybridized carbons (Fsp3) is 0.333. The van der Waals surface area contributed by atoms with E-state index in [1.807, 2.05) is 11.8 Å². The molecule has 2 saturated heterocycles. The third kappa shape index (κ3) is 5.42. The van der Waals surface area contributed by atoms with E-state index in [0.29, 0.717) is 43.2 Å². The number of nitrogens with zero attached hydrogens (tertiary/aromatic N) is 3. The van der Waals surface area contributed by atoms with Crippen LogP contribution in [0.25, 0.3) is 11.3 Å². The quantitative estimate of drug-likeness (QED) is 0.362. The van der Waals surface area contributed by atoms with E-state index in [9.17, 15) is 22.8 Å². The summed E-state index contributed by atoms with van der Waals surface area (Å²) in [6, 6.07) is 4.99. The Labute approximate surface area is 227 Å². The first kappa shape index (κ1) is 27.3. The minimum Gasteiger partial charge on any atom is -0.465 e. The summed E-state index contributed by atoms with van der Waals surface area (Å²) >= 11 is 0. The molecule has 40 heavy (non-hydrogen) atoms. The van der Waals surface area contributed by atoms with Crippen molar-refractivity contribution < 1.29 is 32.6 Å². The number of aromatic nitrogens is 2. The van der Waals surface area contributed by atoms with Crippen LogP contribution in [0.3, 0.4) is 0 Å². The van der Waals surface area contributed by atoms with Gasteiger partial charge in [-0.05, 0) is 41.8 Å². The average molecular weight is 557 g/mol. The summed E-state index contributed by atoms with van der Waals surface area (Å²) in [5, 5.41) is 14.2. The maximum absolute atomic E-state index is 14.9. The number of benzene rings is 1. The molecule has 3 unspecified atom stereocenters. The lowest BCUT2D eigenvalue weighted by molar-refractivity contribution is 0.00822. The fourth-order valence-corrected chi connectivity index (χ4v) is 5.09. The lowest BCUT2D eigenvalue weighted by atomic mass is 9.90. The standard InChI is InChI=1S/C27H27F3N6O4/c1-13-9-36(10-19(31)24(13)35-27(38)39)22-4-5-32-8-21(22)34-26(37)20-3-2-16(28)25(33-20)23-17(29)6-14(7-18(23)30)15-11-40-12-15/h2-8,13,15,19,24,35H,9-12,31H2,1H3,(H,34,37)(H,38,39). The number of carbonyl (C=O) groups excluding carboxylic acids is 1. The third-order valence-electron chi connectivity index (χ3n) is 7.18. The van der Waals surface area contributed by atoms with Crippen molar-refractivity contribution in [2.45, 2.75) is 24.9 Å². The van der Waals surface area contributed by atoms with Crippen molar-refractivity contribution in [2.24, 2.45) is 11.7 Å². The molecule has 5 N–H and O–H groups in total. The molecule has 13 heteroatoms. The summed E-state index contributed by atoms with van der Waals surface area (Å²) in [5.41, 5.74) is 5.97. The van der Waals surface area contributed by atoms with E-state index in [2.05, 4.69) is 20.6 Å². The monoisotopic (exact) mass is 556 g/mol. The number of nitrogens with two attached hydrogens (primary N) is 1. The van der Waals surface area contributed by atoms with E-state index in [-0.39, 0.29) is 17.5 Å². The van der Waals surface area contributed by atoms with Gasteiger partial charge >= 0.3 is 6.09 Å². The van der Waals surface area contributed by atoms with Gasteiger partial charge in [-0.1, -0.05) is 6.92 Å². The largest absolute Gasteiger partial charge is 0.465 e. The van der Waals surface area contributed by atoms with Crippen molar-refractivity contribution in [3.8, 4) is 11.3 Å². The van der Waals surface area contributed by atoms with Crippen molar-refractivity contribution in [1.29, 1.82) is 0 Å². The molecule has 210 valence electrons. The number of halogens is 3. The van der Waals surface area contributed by atoms with Gasteiger partial charge in [-0.15, -0.1) is 0 Å². The smallest absolute Gasteiger partial charge is 0.404 e. The number of hydrogen-bond donors (Lipinski definition) is 4. The van der Waals surface area contributed by atoms with Crippen LogP contribution in [0.2, 0.25) is 0 Å². The molecule has 0 aliphatic carbocycles. The molecule has 0 spiro atoms. The van der Waals surface area contributed by atoms with Crippen LogP contribution in [0.4, 0.5) is 29.3 Å². The Morgan fingerprint density at radius 3 is 2.45 bits per heavy atom. The molecule has 2 aliphatic heterocycles. The minimum atomic E-state index is -1.16. The molecule has 0 saturated carbocycles. The molecule has 1 aromatic carbocycles. The number of amides is 2. The lowest BCUT2D eigenvalue weighted by Crippen LogP contribution is -2.61. The summed E-state index contributed by atoms with van der Waals surface area (Å²) in [4.78, 5) is 34.2. The Morgan fingerprint density at radius 2 is 1.82 bits per heavy atom. The number of carboxylic acid groups (broad SMARTS) is 1. The fourth-order valence-electron chi connectivity index (χ4n) is 5.09. The third-order valence-corrected chi connectivity index (χ3v) is 7.18. The van der Waals surface area contributed by atoms with E-state index in [1.54, 1.807) is 6.07 Å². The van der Waals surface area contributed by atoms with E-state index in [0.717, 1.165) is 24.3 Å². The molecule has 5 rings (SSSR count). The van der Waals surface area contributed by atoms with Crippen LogP contribution in [-0.4, -0.2) is 65.5 Å². The van der Waals surface area contributed by atoms with Crippen molar-refractivity contribution >= 4 is 23.4 Å². The molecule has 2 fully saturated rings. The number of ether oxygens (including phenoxy) is 1. The average Bonchev–Trinajstić information content (AvgIpc) is 2.86. The first-order valence-electron chi connectivity index (χ1n) is 12.6. The molecule has 2 aromatic heterocycles. The van der Waals surface area contributed by atoms with Gasteiger partial charge in [0.1, 0.15) is 28.8 Å². The number of hydrogen-bond acceptors (Lipinski definition) is 7. The van der Waals surface area contributed by atoms with Gasteiger partial charge in [0.25, 0.3) is 5.91 Å². The Hall–Kier alpha value is -4.23. The van der Waals surface area contributed by atoms with Crippen LogP contribution < -0.4 is 21.3 Å². The molecule has 10 nitrogen and oxygen atoms in total. The van der Waals surface area contributed by atoms with Crippen LogP contribution >= 0.6 is 0 Å². The van der Waals surface area contributed by atoms with Gasteiger partial charge in [-0.2, -0.15) is 0 Å². The van der Waals surface area contributed by atoms with Crippen LogP contribution in [0.15, 0.2) is 42.7 Å². The zero-order valence-electron chi connectivity index (χ0n) is 21.4. The van der Waals surface area contributed by atoms with Crippen LogP contribution in [0.5, 0.6) is 0 Å². The van der Waals surface area contributed by atoms with E-state index in [1.165, 1.54) is 12.4 Å². The van der Waals surface area contributed by atoms with Gasteiger partial charge < -0.3 is 31.1 Å². The highest BCUT2D eigenvalue weighted by molar-refractivity contribution is 6.04. The summed E-state index contributed by atoms with van der Waals surface area (Å²) in [6.45, 7) is 3.29. The highest BCUT2D eigenvalue weighted by Gasteiger charge is 2.34. The van der Waals surface area contributed by atoms with Gasteiger partial charge in [0.05, 0.1) is 42.4 Å². The van der Waals surface area contributed by atoms with Gasteiger partial charge in [0, 0.05) is 31.2 Å². The highest BCUT2D eigenvalue weighted by Crippen LogP contribution is 2.33. The zero-order valence-corrected chi connectivity index (χ0v) is 21.4. The van der Waals surface area contributed by atoms with Crippen molar-refractivity contribution in [1.82, 2.24) is 15.3 Å². The van der Waals surface area contributed by atoms with Crippen molar-refractivity contribution in [3.63, 3.8) is 0 Å². The predicted octanol–water partition coefficient (Wildman–Crippen LogP) is 3.35. The number of piperidine rings is 1. The summed E-state index contributed by atoms with van der Waals surface area (Å²) < 4.78 is 49.7. The van der Waals surface area contributed by atoms with Gasteiger partial charge in [-0.3, -0.25) is 9.78 Å². The number of nitrogens with one attached hydrogen (secondary N) is 2. The SMILES string of the molecule is CC1CN(c2ccncc2NC(=O)c2ccc(F)c(-c3c(F)cc(C4COC4)cc3F)n2)CC(N)C1NC(=O)O. The normalized spacial score (nSPS) is 21.0. The summed E-state index contributed by atoms with van der Waals surface area (Å²) in [7, 11) is 0. The van der Waals surface area contributed by atoms with Crippen LogP contribution in [-0.2, 0) is 4.74 Å². The van der Waals surface area contributed by atoms with E-state index in [4.69, 9.17) is 15.6 Å². The summed E-state index contributed by atoms with van der Waals surface area (Å²) in [6.07, 6.45) is 1.78. The zero-order chi connectivity index (χ0) is 28.6. The first-order valence-corrected chi connectivity index (χ1v) is 12.6. The molecule has 0 bridgehead atoms. The lowest BCUT2D eigenvalue weighted by Gasteiger charge is -2.42. The molecular formula is C27H27F3N6O4. The number of pyridine rings is 2. The Morgan fingerprint density at radius 1 is 1.10 bits per heavy atom. The van der Waals surface area contributed by atoms with Gasteiger partial charge in [0.15, 0.2) is 0 Å². The minimum absolute atomic E-state index is 0.140. The van der Waals surface area contributed by atoms with E-state index >= 15 is 0 Å². The van der Waals surface area contributed by atoms with E-state index < -0.39 is 52.8 Å². The number of rotatable bonds is 6. The van der Waals surface area contributed by atoms with Crippen LogP contribution in [0, 0.1) is 23.4 Å². The van der Waals surface area contributed by atoms with Crippen molar-refractivity contribution in [2.75, 3.05) is 36.5 Å². The number of anilines is 2. The van der Waals surface area contributed by atoms with Crippen LogP contribution in [0.1, 0.15) is 28.9 Å². The highest BCUT2D eigenvalue weighted by atomic mass is 19.1. The Balaban J connectivity index is 1.38. The van der Waals surface area contributed by atoms with Crippen molar-refractivity contribution in [3.05, 3.63) is 71.4 Å². The van der Waals surface area contributed by atoms with Gasteiger partial charge in [0.2, 0.25) is 0 Å². The topological polar surface area (TPSA) is 143 Å². The molecule has 3 aromatic rings. The second-order valence-corrected chi connectivity index (χ2v) is 9.99. The molecule has 2 amide bonds. The Bertz CT molecular complexity index is 1420. The van der Waals surface area contributed by atoms with Gasteiger partial charge in [-0.25, -0.2) is 22.9 Å². The predicted molar refractivity (Wildman–Crippen MR) is 140 cm³/mol. The Kier molecular flexibility index (Phi) is 7.59. The molecule has 2 aliphatic rings. The molecule has 3 atom stereocenters. The molecule has 4 heterocycles. The summed E-state index contributed by atoms with van der Waals surface area (Å²) in [5.74, 6) is -4.01. The maximum atomic E-state index is 14.9.